The first-order chi connectivity index (χ1) is 5.77. The van der Waals surface area contributed by atoms with Crippen LogP contribution in [0.15, 0.2) is 16.9 Å². The van der Waals surface area contributed by atoms with E-state index in [1.54, 1.807) is 6.07 Å². The van der Waals surface area contributed by atoms with Crippen LogP contribution in [0, 0.1) is 0 Å². The first kappa shape index (κ1) is 10.6. The lowest BCUT2D eigenvalue weighted by Gasteiger charge is -2.19. The zero-order valence-corrected chi connectivity index (χ0v) is 8.62. The van der Waals surface area contributed by atoms with Crippen LogP contribution in [0.1, 0.15) is 29.5 Å². The third-order valence-electron chi connectivity index (χ3n) is 2.26. The van der Waals surface area contributed by atoms with Gasteiger partial charge in [0.15, 0.2) is 0 Å². The van der Waals surface area contributed by atoms with Gasteiger partial charge in [-0.2, -0.15) is 0 Å². The summed E-state index contributed by atoms with van der Waals surface area (Å²) < 4.78 is 0. The maximum Gasteiger partial charge on any atom is 0.248 e. The number of H-pyrrole nitrogens is 1. The van der Waals surface area contributed by atoms with Crippen LogP contribution in [0.25, 0.3) is 0 Å². The molecule has 0 saturated carbocycles. The molecule has 0 aliphatic heterocycles. The molecule has 0 spiro atoms. The average Bonchev–Trinajstić information content (AvgIpc) is 2.07. The van der Waals surface area contributed by atoms with Gasteiger partial charge in [0.1, 0.15) is 0 Å². The van der Waals surface area contributed by atoms with Gasteiger partial charge in [0, 0.05) is 11.8 Å². The molecule has 1 aromatic rings. The quantitative estimate of drug-likeness (QED) is 0.669. The molecular weight excluding hydrogens is 209 g/mol. The second-order valence-electron chi connectivity index (χ2n) is 3.12. The molecule has 2 rings (SSSR count). The first-order valence-electron chi connectivity index (χ1n) is 4.13. The number of hydrogen-bond donors (Lipinski definition) is 1. The van der Waals surface area contributed by atoms with Crippen LogP contribution in [-0.4, -0.2) is 4.98 Å². The molecule has 1 aliphatic carbocycles. The summed E-state index contributed by atoms with van der Waals surface area (Å²) in [6, 6.07) is 3.44. The number of aryl methyl sites for hydroxylation is 1. The Morgan fingerprint density at radius 2 is 2.23 bits per heavy atom. The third-order valence-corrected chi connectivity index (χ3v) is 2.69. The molecule has 0 radical (unpaired) electrons. The van der Waals surface area contributed by atoms with Crippen LogP contribution in [-0.2, 0) is 6.42 Å². The number of hydrogen-bond acceptors (Lipinski definition) is 1. The first-order valence-corrected chi connectivity index (χ1v) is 4.57. The van der Waals surface area contributed by atoms with Crippen LogP contribution in [0.4, 0.5) is 0 Å². The van der Waals surface area contributed by atoms with Gasteiger partial charge in [0.05, 0.1) is 5.38 Å². The van der Waals surface area contributed by atoms with Crippen LogP contribution in [0.3, 0.4) is 0 Å². The molecule has 1 aromatic heterocycles. The molecule has 0 aromatic carbocycles. The summed E-state index contributed by atoms with van der Waals surface area (Å²) in [7, 11) is 0. The van der Waals surface area contributed by atoms with Crippen LogP contribution in [0.2, 0.25) is 0 Å². The highest BCUT2D eigenvalue weighted by Gasteiger charge is 2.18. The molecular formula is C9H11Cl2NO. The molecule has 2 nitrogen and oxygen atoms in total. The number of aromatic nitrogens is 1. The summed E-state index contributed by atoms with van der Waals surface area (Å²) in [5.41, 5.74) is 2.07. The lowest BCUT2D eigenvalue weighted by atomic mass is 9.96. The monoisotopic (exact) mass is 219 g/mol. The number of pyridine rings is 1. The Hall–Kier alpha value is -0.470. The Balaban J connectivity index is 0.000000845. The van der Waals surface area contributed by atoms with Crippen molar-refractivity contribution < 1.29 is 0 Å². The van der Waals surface area contributed by atoms with Gasteiger partial charge in [-0.05, 0) is 24.8 Å². The molecule has 1 atom stereocenters. The molecule has 72 valence electrons. The summed E-state index contributed by atoms with van der Waals surface area (Å²) in [6.07, 6.45) is 3.12. The minimum atomic E-state index is -0.0544. The summed E-state index contributed by atoms with van der Waals surface area (Å²) in [5, 5.41) is 0.00245. The molecule has 0 saturated heterocycles. The molecule has 13 heavy (non-hydrogen) atoms. The van der Waals surface area contributed by atoms with Gasteiger partial charge < -0.3 is 4.98 Å². The van der Waals surface area contributed by atoms with Crippen LogP contribution in [0.5, 0.6) is 0 Å². The minimum Gasteiger partial charge on any atom is -0.324 e. The number of rotatable bonds is 0. The molecule has 0 fully saturated rings. The number of aromatic amines is 1. The van der Waals surface area contributed by atoms with Crippen molar-refractivity contribution in [1.29, 1.82) is 0 Å². The highest BCUT2D eigenvalue weighted by Crippen LogP contribution is 2.31. The van der Waals surface area contributed by atoms with Gasteiger partial charge in [0.25, 0.3) is 0 Å². The predicted octanol–water partition coefficient (Wildman–Crippen LogP) is 2.41. The van der Waals surface area contributed by atoms with E-state index < -0.39 is 0 Å². The van der Waals surface area contributed by atoms with E-state index in [1.807, 2.05) is 6.07 Å². The Bertz CT molecular complexity index is 348. The highest BCUT2D eigenvalue weighted by atomic mass is 35.5. The molecule has 1 N–H and O–H groups in total. The largest absolute Gasteiger partial charge is 0.324 e. The van der Waals surface area contributed by atoms with Gasteiger partial charge in [-0.15, -0.1) is 24.0 Å². The summed E-state index contributed by atoms with van der Waals surface area (Å²) in [6.45, 7) is 0. The molecule has 0 amide bonds. The van der Waals surface area contributed by atoms with Gasteiger partial charge >= 0.3 is 0 Å². The van der Waals surface area contributed by atoms with E-state index in [0.29, 0.717) is 0 Å². The second-order valence-corrected chi connectivity index (χ2v) is 3.65. The van der Waals surface area contributed by atoms with E-state index in [1.165, 1.54) is 5.56 Å². The maximum absolute atomic E-state index is 11.0. The van der Waals surface area contributed by atoms with E-state index in [4.69, 9.17) is 11.6 Å². The van der Waals surface area contributed by atoms with Crippen LogP contribution < -0.4 is 5.56 Å². The Labute approximate surface area is 87.7 Å². The van der Waals surface area contributed by atoms with Crippen molar-refractivity contribution in [2.75, 3.05) is 0 Å². The van der Waals surface area contributed by atoms with Crippen molar-refractivity contribution in [2.24, 2.45) is 0 Å². The Morgan fingerprint density at radius 3 is 3.00 bits per heavy atom. The summed E-state index contributed by atoms with van der Waals surface area (Å²) in [5.74, 6) is 0. The van der Waals surface area contributed by atoms with Crippen molar-refractivity contribution >= 4 is 24.0 Å². The molecule has 1 unspecified atom stereocenters. The zero-order chi connectivity index (χ0) is 8.55. The van der Waals surface area contributed by atoms with Crippen molar-refractivity contribution in [3.63, 3.8) is 0 Å². The predicted molar refractivity (Wildman–Crippen MR) is 55.8 cm³/mol. The lowest BCUT2D eigenvalue weighted by molar-refractivity contribution is 0.647. The fourth-order valence-corrected chi connectivity index (χ4v) is 1.98. The number of halogens is 2. The van der Waals surface area contributed by atoms with E-state index >= 15 is 0 Å². The van der Waals surface area contributed by atoms with Gasteiger partial charge in [0.2, 0.25) is 5.56 Å². The lowest BCUT2D eigenvalue weighted by Crippen LogP contribution is -2.15. The molecule has 1 aliphatic rings. The van der Waals surface area contributed by atoms with Gasteiger partial charge in [-0.1, -0.05) is 6.07 Å². The van der Waals surface area contributed by atoms with Crippen LogP contribution >= 0.6 is 24.0 Å². The Morgan fingerprint density at radius 1 is 1.46 bits per heavy atom. The minimum absolute atomic E-state index is 0. The fourth-order valence-electron chi connectivity index (χ4n) is 1.63. The topological polar surface area (TPSA) is 32.9 Å². The maximum atomic E-state index is 11.0. The van der Waals surface area contributed by atoms with E-state index in [2.05, 4.69) is 4.98 Å². The van der Waals surface area contributed by atoms with Gasteiger partial charge in [-0.3, -0.25) is 4.79 Å². The molecule has 1 heterocycles. The van der Waals surface area contributed by atoms with Gasteiger partial charge in [-0.25, -0.2) is 0 Å². The van der Waals surface area contributed by atoms with Crippen molar-refractivity contribution in [2.45, 2.75) is 24.6 Å². The second kappa shape index (κ2) is 4.16. The third kappa shape index (κ3) is 2.06. The van der Waals surface area contributed by atoms with Crippen molar-refractivity contribution in [3.8, 4) is 0 Å². The Kier molecular flexibility index (Phi) is 3.40. The van der Waals surface area contributed by atoms with Crippen molar-refractivity contribution in [1.82, 2.24) is 4.98 Å². The number of alkyl halides is 1. The highest BCUT2D eigenvalue weighted by molar-refractivity contribution is 6.20. The normalized spacial score (nSPS) is 20.2. The fraction of sp³-hybridized carbons (Fsp3) is 0.444. The number of fused-ring (bicyclic) bond motifs is 1. The molecule has 4 heteroatoms. The van der Waals surface area contributed by atoms with E-state index in [9.17, 15) is 4.79 Å². The average molecular weight is 220 g/mol. The van der Waals surface area contributed by atoms with E-state index in [0.717, 1.165) is 25.0 Å². The van der Waals surface area contributed by atoms with Crippen molar-refractivity contribution in [3.05, 3.63) is 33.7 Å². The van der Waals surface area contributed by atoms with E-state index in [-0.39, 0.29) is 23.3 Å². The SMILES string of the molecule is Cl.O=c1ccc2c([nH]1)C(Cl)CCC2. The summed E-state index contributed by atoms with van der Waals surface area (Å²) in [4.78, 5) is 13.8. The molecule has 0 bridgehead atoms. The zero-order valence-electron chi connectivity index (χ0n) is 7.05. The standard InChI is InChI=1S/C9H10ClNO.ClH/c10-7-3-1-2-6-4-5-8(12)11-9(6)7;/h4-5,7H,1-3H2,(H,11,12);1H. The smallest absolute Gasteiger partial charge is 0.248 e. The summed E-state index contributed by atoms with van der Waals surface area (Å²) >= 11 is 6.05. The number of nitrogens with one attached hydrogen (secondary N) is 1.